The molecule has 364 valence electrons. The molecule has 0 atom stereocenters. The van der Waals surface area contributed by atoms with Crippen LogP contribution >= 0.6 is 0 Å². The lowest BCUT2D eigenvalue weighted by Gasteiger charge is -2.33. The molecule has 0 spiro atoms. The molecule has 5 heteroatoms. The number of para-hydroxylation sites is 3. The van der Waals surface area contributed by atoms with E-state index < -0.39 is 0 Å². The zero-order valence-corrected chi connectivity index (χ0v) is 42.4. The number of aromatic nitrogens is 4. The highest BCUT2D eigenvalue weighted by molar-refractivity contribution is 5.81. The minimum absolute atomic E-state index is 0.253. The number of anilines is 3. The largest absolute Gasteiger partial charge is 0.355 e. The number of aromatic amines is 2. The third-order valence-electron chi connectivity index (χ3n) is 14.2. The molecule has 5 nitrogen and oxygen atoms in total. The molecule has 8 aromatic rings. The fraction of sp³-hybridized carbons (Fsp3) is 0.254. The van der Waals surface area contributed by atoms with E-state index in [1.165, 1.54) is 118 Å². The summed E-state index contributed by atoms with van der Waals surface area (Å²) in [5.41, 5.74) is 17.8. The first-order chi connectivity index (χ1) is 35.6. The Bertz CT molecular complexity index is 2850. The second-order valence-electron chi connectivity index (χ2n) is 19.5. The van der Waals surface area contributed by atoms with Crippen LogP contribution in [0.25, 0.3) is 57.5 Å². The van der Waals surface area contributed by atoms with Crippen LogP contribution < -0.4 is 4.90 Å². The van der Waals surface area contributed by atoms with Gasteiger partial charge in [-0.1, -0.05) is 194 Å². The predicted octanol–water partition coefficient (Wildman–Crippen LogP) is 19.3. The highest BCUT2D eigenvalue weighted by atomic mass is 15.1. The Kier molecular flexibility index (Phi) is 17.2. The number of benzene rings is 5. The number of unbranched alkanes of at least 4 members (excludes halogenated alkanes) is 10. The van der Waals surface area contributed by atoms with Gasteiger partial charge < -0.3 is 14.9 Å². The molecule has 5 aromatic carbocycles. The van der Waals surface area contributed by atoms with Gasteiger partial charge in [-0.25, -0.2) is 9.97 Å². The van der Waals surface area contributed by atoms with Gasteiger partial charge in [-0.15, -0.1) is 0 Å². The number of nitrogens with one attached hydrogen (secondary N) is 2. The van der Waals surface area contributed by atoms with Crippen LogP contribution in [0.2, 0.25) is 0 Å². The van der Waals surface area contributed by atoms with E-state index in [1.54, 1.807) is 11.1 Å². The van der Waals surface area contributed by atoms with E-state index in [9.17, 15) is 0 Å². The van der Waals surface area contributed by atoms with Crippen molar-refractivity contribution in [1.29, 1.82) is 0 Å². The van der Waals surface area contributed by atoms with Crippen molar-refractivity contribution in [3.63, 3.8) is 0 Å². The van der Waals surface area contributed by atoms with Crippen molar-refractivity contribution < 1.29 is 0 Å². The van der Waals surface area contributed by atoms with Gasteiger partial charge in [-0.2, -0.15) is 0 Å². The Morgan fingerprint density at radius 1 is 0.347 bits per heavy atom. The van der Waals surface area contributed by atoms with Crippen LogP contribution in [0.1, 0.15) is 138 Å². The molecule has 0 radical (unpaired) electrons. The van der Waals surface area contributed by atoms with Gasteiger partial charge >= 0.3 is 0 Å². The molecule has 0 unspecified atom stereocenters. The number of nitrogens with zero attached hydrogens (tertiary/aromatic N) is 3. The predicted molar refractivity (Wildman–Crippen MR) is 309 cm³/mol. The fourth-order valence-corrected chi connectivity index (χ4v) is 10.6. The van der Waals surface area contributed by atoms with Crippen LogP contribution in [0.15, 0.2) is 188 Å². The van der Waals surface area contributed by atoms with Crippen molar-refractivity contribution >= 4 is 63.4 Å². The van der Waals surface area contributed by atoms with Crippen LogP contribution in [0.4, 0.5) is 17.1 Å². The molecule has 5 heterocycles. The summed E-state index contributed by atoms with van der Waals surface area (Å²) in [6.07, 6.45) is 27.3. The van der Waals surface area contributed by atoms with Crippen molar-refractivity contribution in [3.05, 3.63) is 222 Å². The standard InChI is InChI=1S/C29H42.C20H14N4.C18H15N/c1-3-5-7-9-11-17-23-29(24-18-12-10-8-6-4-2)27-21-15-13-19-25(27)26-20-14-16-22-28(26)29;1-2-14-10-16-5-6-18(23-16)12-20-8-7-19(24-20)11-17-4-3-15(22-17)9-13(1)21-14;1-4-10-16(11-5-1)19(17-12-6-2-7-13-17)18-14-8-3-9-15-18/h13-16,19-22H,3-12,17-18,23-24H2,1-2H3;1-12,21,24H;1-15H. The van der Waals surface area contributed by atoms with Gasteiger partial charge in [0.2, 0.25) is 0 Å². The second-order valence-corrected chi connectivity index (χ2v) is 19.5. The molecule has 2 aliphatic heterocycles. The van der Waals surface area contributed by atoms with Gasteiger partial charge in [0.25, 0.3) is 0 Å². The molecule has 72 heavy (non-hydrogen) atoms. The van der Waals surface area contributed by atoms with Crippen LogP contribution in [-0.2, 0) is 5.41 Å². The van der Waals surface area contributed by atoms with Crippen molar-refractivity contribution in [2.75, 3.05) is 4.90 Å². The molecule has 11 rings (SSSR count). The van der Waals surface area contributed by atoms with Gasteiger partial charge in [0.15, 0.2) is 0 Å². The van der Waals surface area contributed by atoms with E-state index in [-0.39, 0.29) is 5.41 Å². The molecular formula is C67H71N5. The fourth-order valence-electron chi connectivity index (χ4n) is 10.6. The minimum atomic E-state index is 0.253. The molecule has 0 amide bonds. The summed E-state index contributed by atoms with van der Waals surface area (Å²) in [4.78, 5) is 18.3. The van der Waals surface area contributed by atoms with E-state index in [1.807, 2.05) is 66.8 Å². The summed E-state index contributed by atoms with van der Waals surface area (Å²) in [5, 5.41) is 0. The average molecular weight is 946 g/mol. The number of fused-ring (bicyclic) bond motifs is 11. The van der Waals surface area contributed by atoms with E-state index in [2.05, 4.69) is 184 Å². The molecule has 0 saturated carbocycles. The first kappa shape index (κ1) is 49.5. The lowest BCUT2D eigenvalue weighted by atomic mass is 9.70. The molecule has 0 saturated heterocycles. The van der Waals surface area contributed by atoms with E-state index in [4.69, 9.17) is 0 Å². The number of H-pyrrole nitrogens is 2. The van der Waals surface area contributed by atoms with Gasteiger partial charge in [0, 0.05) is 44.5 Å². The van der Waals surface area contributed by atoms with E-state index in [0.717, 1.165) is 44.8 Å². The molecule has 2 N–H and O–H groups in total. The lowest BCUT2D eigenvalue weighted by Crippen LogP contribution is -2.25. The quantitative estimate of drug-likeness (QED) is 0.0894. The monoisotopic (exact) mass is 946 g/mol. The summed E-state index contributed by atoms with van der Waals surface area (Å²) in [7, 11) is 0. The van der Waals surface area contributed by atoms with Crippen LogP contribution in [0.5, 0.6) is 0 Å². The van der Waals surface area contributed by atoms with E-state index in [0.29, 0.717) is 0 Å². The summed E-state index contributed by atoms with van der Waals surface area (Å²) in [6, 6.07) is 66.2. The summed E-state index contributed by atoms with van der Waals surface area (Å²) < 4.78 is 0. The van der Waals surface area contributed by atoms with Crippen LogP contribution in [0, 0.1) is 0 Å². The zero-order valence-electron chi connectivity index (χ0n) is 42.4. The highest BCUT2D eigenvalue weighted by Crippen LogP contribution is 2.54. The van der Waals surface area contributed by atoms with Crippen molar-refractivity contribution in [1.82, 2.24) is 19.9 Å². The Balaban J connectivity index is 0.000000136. The first-order valence-electron chi connectivity index (χ1n) is 26.8. The first-order valence-corrected chi connectivity index (χ1v) is 26.8. The number of hydrogen-bond donors (Lipinski definition) is 2. The molecule has 1 aliphatic carbocycles. The normalized spacial score (nSPS) is 12.5. The van der Waals surface area contributed by atoms with Crippen molar-refractivity contribution in [2.45, 2.75) is 109 Å². The Morgan fingerprint density at radius 3 is 1.00 bits per heavy atom. The topological polar surface area (TPSA) is 60.6 Å². The van der Waals surface area contributed by atoms with Crippen LogP contribution in [-0.4, -0.2) is 19.9 Å². The summed E-state index contributed by atoms with van der Waals surface area (Å²) in [6.45, 7) is 4.61. The molecule has 0 fully saturated rings. The maximum Gasteiger partial charge on any atom is 0.0658 e. The highest BCUT2D eigenvalue weighted by Gasteiger charge is 2.41. The smallest absolute Gasteiger partial charge is 0.0658 e. The zero-order chi connectivity index (χ0) is 49.2. The number of hydrogen-bond acceptors (Lipinski definition) is 3. The van der Waals surface area contributed by atoms with Crippen molar-refractivity contribution in [2.24, 2.45) is 0 Å². The molecule has 3 aliphatic rings. The third-order valence-corrected chi connectivity index (χ3v) is 14.2. The summed E-state index contributed by atoms with van der Waals surface area (Å²) in [5.74, 6) is 0. The van der Waals surface area contributed by atoms with Gasteiger partial charge in [-0.05, 0) is 144 Å². The SMILES string of the molecule is C1=Cc2cc3ccc(cc4nc(cc5ccc(cc1n2)[nH]5)C=C4)[nH]3.CCCCCCCCC1(CCCCCCCC)c2ccccc2-c2ccccc21.c1ccc(N(c2ccccc2)c2ccccc2)cc1. The maximum absolute atomic E-state index is 4.63. The van der Waals surface area contributed by atoms with Crippen molar-refractivity contribution in [3.8, 4) is 11.1 Å². The average Bonchev–Trinajstić information content (AvgIpc) is 4.29. The Labute approximate surface area is 428 Å². The third kappa shape index (κ3) is 12.7. The molecule has 8 bridgehead atoms. The molecular weight excluding hydrogens is 875 g/mol. The number of rotatable bonds is 17. The lowest BCUT2D eigenvalue weighted by molar-refractivity contribution is 0.398. The maximum atomic E-state index is 4.63. The van der Waals surface area contributed by atoms with Crippen LogP contribution in [0.3, 0.4) is 0 Å². The van der Waals surface area contributed by atoms with Gasteiger partial charge in [0.1, 0.15) is 0 Å². The van der Waals surface area contributed by atoms with Gasteiger partial charge in [-0.3, -0.25) is 0 Å². The minimum Gasteiger partial charge on any atom is -0.355 e. The second kappa shape index (κ2) is 25.1. The van der Waals surface area contributed by atoms with Gasteiger partial charge in [0.05, 0.1) is 22.8 Å². The molecule has 3 aromatic heterocycles. The van der Waals surface area contributed by atoms with E-state index >= 15 is 0 Å². The Morgan fingerprint density at radius 2 is 0.653 bits per heavy atom. The summed E-state index contributed by atoms with van der Waals surface area (Å²) >= 11 is 0. The Hall–Kier alpha value is -7.50.